The van der Waals surface area contributed by atoms with Crippen LogP contribution in [-0.4, -0.2) is 17.6 Å². The lowest BCUT2D eigenvalue weighted by molar-refractivity contribution is 0.106. The molecule has 0 unspecified atom stereocenters. The third kappa shape index (κ3) is 2.32. The summed E-state index contributed by atoms with van der Waals surface area (Å²) in [6.45, 7) is 0. The van der Waals surface area contributed by atoms with Crippen molar-refractivity contribution in [2.45, 2.75) is 0 Å². The van der Waals surface area contributed by atoms with Crippen LogP contribution in [0, 0.1) is 0 Å². The molecule has 1 aromatic carbocycles. The number of Topliss-reactive ketones (excluding diaryl/α,β-unsaturated/α-hetero) is 1. The van der Waals surface area contributed by atoms with E-state index in [-0.39, 0.29) is 11.6 Å². The Bertz CT molecular complexity index is 556. The summed E-state index contributed by atoms with van der Waals surface area (Å²) in [5, 5.41) is 6.38. The number of fused-ring (bicyclic) bond motifs is 1. The van der Waals surface area contributed by atoms with Gasteiger partial charge in [0.15, 0.2) is 5.84 Å². The van der Waals surface area contributed by atoms with Crippen LogP contribution >= 0.6 is 31.9 Å². The first-order valence-electron chi connectivity index (χ1n) is 4.43. The zero-order valence-electron chi connectivity index (χ0n) is 8.25. The molecule has 1 aliphatic rings. The van der Waals surface area contributed by atoms with Crippen molar-refractivity contribution in [3.63, 3.8) is 0 Å². The Hall–Kier alpha value is -1.41. The fraction of sp³-hybridized carbons (Fsp3) is 0. The zero-order chi connectivity index (χ0) is 12.6. The van der Waals surface area contributed by atoms with Crippen LogP contribution in [0.2, 0.25) is 0 Å². The Labute approximate surface area is 113 Å². The van der Waals surface area contributed by atoms with E-state index in [1.165, 1.54) is 0 Å². The first-order valence-corrected chi connectivity index (χ1v) is 6.01. The number of anilines is 1. The largest absolute Gasteiger partial charge is 0.350 e. The van der Waals surface area contributed by atoms with Crippen LogP contribution in [0.5, 0.6) is 0 Å². The van der Waals surface area contributed by atoms with Crippen LogP contribution in [-0.2, 0) is 0 Å². The molecule has 2 amide bonds. The minimum atomic E-state index is -0.830. The van der Waals surface area contributed by atoms with E-state index in [1.807, 2.05) is 5.43 Å². The van der Waals surface area contributed by atoms with Gasteiger partial charge in [-0.15, -0.1) is 5.10 Å². The fourth-order valence-corrected chi connectivity index (χ4v) is 2.70. The average molecular weight is 362 g/mol. The van der Waals surface area contributed by atoms with Gasteiger partial charge in [0.2, 0.25) is 5.78 Å². The number of benzene rings is 1. The van der Waals surface area contributed by atoms with Crippen LogP contribution in [0.1, 0.15) is 10.4 Å². The van der Waals surface area contributed by atoms with E-state index < -0.39 is 6.03 Å². The lowest BCUT2D eigenvalue weighted by Gasteiger charge is -2.01. The molecule has 4 N–H and O–H groups in total. The Morgan fingerprint density at radius 3 is 2.76 bits per heavy atom. The highest BCUT2D eigenvalue weighted by molar-refractivity contribution is 9.11. The van der Waals surface area contributed by atoms with Gasteiger partial charge in [0.1, 0.15) is 0 Å². The van der Waals surface area contributed by atoms with Crippen LogP contribution in [0.3, 0.4) is 0 Å². The van der Waals surface area contributed by atoms with E-state index in [9.17, 15) is 9.59 Å². The standard InChI is InChI=1S/C9H6Br2N4O2/c10-3-1-4-6(5(11)2-3)13-8(7(4)16)14-15-9(12)17/h1-2H,(H3,12,15,17)(H,13,14,16). The zero-order valence-corrected chi connectivity index (χ0v) is 11.4. The number of carbonyl (C=O) groups excluding carboxylic acids is 2. The van der Waals surface area contributed by atoms with E-state index in [1.54, 1.807) is 12.1 Å². The predicted molar refractivity (Wildman–Crippen MR) is 69.9 cm³/mol. The molecule has 0 radical (unpaired) electrons. The van der Waals surface area contributed by atoms with Crippen LogP contribution in [0.15, 0.2) is 26.2 Å². The van der Waals surface area contributed by atoms with Gasteiger partial charge in [0.05, 0.1) is 11.3 Å². The van der Waals surface area contributed by atoms with Crippen molar-refractivity contribution < 1.29 is 9.59 Å². The molecule has 0 bridgehead atoms. The highest BCUT2D eigenvalue weighted by atomic mass is 79.9. The summed E-state index contributed by atoms with van der Waals surface area (Å²) >= 11 is 6.61. The third-order valence-corrected chi connectivity index (χ3v) is 3.12. The highest BCUT2D eigenvalue weighted by Crippen LogP contribution is 2.34. The number of nitrogens with two attached hydrogens (primary N) is 1. The number of carbonyl (C=O) groups is 2. The van der Waals surface area contributed by atoms with E-state index in [0.29, 0.717) is 11.3 Å². The number of primary amides is 1. The number of urea groups is 1. The van der Waals surface area contributed by atoms with Crippen molar-refractivity contribution in [1.82, 2.24) is 5.43 Å². The van der Waals surface area contributed by atoms with Gasteiger partial charge in [-0.2, -0.15) is 0 Å². The van der Waals surface area contributed by atoms with Crippen molar-refractivity contribution >= 4 is 55.2 Å². The van der Waals surface area contributed by atoms with E-state index >= 15 is 0 Å². The maximum absolute atomic E-state index is 11.9. The summed E-state index contributed by atoms with van der Waals surface area (Å²) in [7, 11) is 0. The summed E-state index contributed by atoms with van der Waals surface area (Å²) in [6.07, 6.45) is 0. The van der Waals surface area contributed by atoms with Crippen LogP contribution in [0.4, 0.5) is 10.5 Å². The number of nitrogens with zero attached hydrogens (tertiary/aromatic N) is 1. The number of rotatable bonds is 1. The molecule has 0 fully saturated rings. The number of nitrogens with one attached hydrogen (secondary N) is 2. The van der Waals surface area contributed by atoms with Crippen molar-refractivity contribution in [3.8, 4) is 0 Å². The maximum atomic E-state index is 11.9. The van der Waals surface area contributed by atoms with Crippen molar-refractivity contribution in [2.75, 3.05) is 5.32 Å². The molecule has 1 aliphatic heterocycles. The summed E-state index contributed by atoms with van der Waals surface area (Å²) in [5.74, 6) is -0.284. The minimum absolute atomic E-state index is 0.0256. The number of hydrogen-bond donors (Lipinski definition) is 3. The van der Waals surface area contributed by atoms with Gasteiger partial charge in [-0.05, 0) is 28.1 Å². The number of hydrazone groups is 1. The second-order valence-corrected chi connectivity index (χ2v) is 4.97. The second-order valence-electron chi connectivity index (χ2n) is 3.20. The lowest BCUT2D eigenvalue weighted by Crippen LogP contribution is -2.28. The normalized spacial score (nSPS) is 15.6. The second kappa shape index (κ2) is 4.46. The molecule has 2 rings (SSSR count). The number of halogens is 2. The van der Waals surface area contributed by atoms with Gasteiger partial charge in [0, 0.05) is 8.95 Å². The van der Waals surface area contributed by atoms with Crippen LogP contribution in [0.25, 0.3) is 0 Å². The molecule has 0 spiro atoms. The van der Waals surface area contributed by atoms with Crippen molar-refractivity contribution in [2.24, 2.45) is 10.8 Å². The summed E-state index contributed by atoms with van der Waals surface area (Å²) in [4.78, 5) is 22.4. The SMILES string of the molecule is NC(=O)NN=C1Nc2c(Br)cc(Br)cc2C1=O. The Balaban J connectivity index is 2.39. The number of ketones is 1. The van der Waals surface area contributed by atoms with Crippen LogP contribution < -0.4 is 16.5 Å². The molecule has 0 aliphatic carbocycles. The Kier molecular flexibility index (Phi) is 3.16. The highest BCUT2D eigenvalue weighted by Gasteiger charge is 2.28. The van der Waals surface area contributed by atoms with Gasteiger partial charge < -0.3 is 11.1 Å². The van der Waals surface area contributed by atoms with Gasteiger partial charge in [-0.1, -0.05) is 15.9 Å². The summed E-state index contributed by atoms with van der Waals surface area (Å²) < 4.78 is 1.49. The van der Waals surface area contributed by atoms with Gasteiger partial charge >= 0.3 is 6.03 Å². The van der Waals surface area contributed by atoms with Gasteiger partial charge in [-0.3, -0.25) is 4.79 Å². The van der Waals surface area contributed by atoms with Gasteiger partial charge in [0.25, 0.3) is 0 Å². The molecule has 0 saturated heterocycles. The molecule has 17 heavy (non-hydrogen) atoms. The summed E-state index contributed by atoms with van der Waals surface area (Å²) in [6, 6.07) is 2.63. The van der Waals surface area contributed by atoms with Crippen molar-refractivity contribution in [3.05, 3.63) is 26.6 Å². The summed E-state index contributed by atoms with van der Waals surface area (Å²) in [5.41, 5.74) is 7.95. The quantitative estimate of drug-likeness (QED) is 0.665. The van der Waals surface area contributed by atoms with E-state index in [2.05, 4.69) is 42.3 Å². The first kappa shape index (κ1) is 12.1. The molecular formula is C9H6Br2N4O2. The molecule has 6 nitrogen and oxygen atoms in total. The molecule has 1 heterocycles. The molecule has 0 atom stereocenters. The maximum Gasteiger partial charge on any atom is 0.332 e. The molecule has 88 valence electrons. The molecule has 0 saturated carbocycles. The number of amidine groups is 1. The lowest BCUT2D eigenvalue weighted by atomic mass is 10.1. The minimum Gasteiger partial charge on any atom is -0.350 e. The molecule has 1 aromatic rings. The predicted octanol–water partition coefficient (Wildman–Crippen LogP) is 1.80. The first-order chi connectivity index (χ1) is 7.99. The van der Waals surface area contributed by atoms with Crippen molar-refractivity contribution in [1.29, 1.82) is 0 Å². The molecule has 8 heteroatoms. The molecular weight excluding hydrogens is 356 g/mol. The van der Waals surface area contributed by atoms with Gasteiger partial charge in [-0.25, -0.2) is 10.2 Å². The van der Waals surface area contributed by atoms with E-state index in [0.717, 1.165) is 8.95 Å². The smallest absolute Gasteiger partial charge is 0.332 e. The Morgan fingerprint density at radius 2 is 2.12 bits per heavy atom. The number of amides is 2. The average Bonchev–Trinajstić information content (AvgIpc) is 2.54. The monoisotopic (exact) mass is 360 g/mol. The Morgan fingerprint density at radius 1 is 1.41 bits per heavy atom. The molecule has 0 aromatic heterocycles. The third-order valence-electron chi connectivity index (χ3n) is 2.04. The number of hydrogen-bond acceptors (Lipinski definition) is 3. The fourth-order valence-electron chi connectivity index (χ4n) is 1.37. The topological polar surface area (TPSA) is 96.6 Å². The van der Waals surface area contributed by atoms with E-state index in [4.69, 9.17) is 5.73 Å².